The lowest BCUT2D eigenvalue weighted by molar-refractivity contribution is -0.166. The van der Waals surface area contributed by atoms with Crippen LogP contribution in [0.25, 0.3) is 0 Å². The summed E-state index contributed by atoms with van der Waals surface area (Å²) in [6, 6.07) is 6.23. The van der Waals surface area contributed by atoms with Crippen molar-refractivity contribution in [1.29, 1.82) is 0 Å². The van der Waals surface area contributed by atoms with Crippen molar-refractivity contribution in [1.82, 2.24) is 0 Å². The molecule has 1 aliphatic carbocycles. The van der Waals surface area contributed by atoms with Gasteiger partial charge in [0, 0.05) is 0 Å². The van der Waals surface area contributed by atoms with E-state index in [-0.39, 0.29) is 12.7 Å². The smallest absolute Gasteiger partial charge is 0.330 e. The first-order valence-electron chi connectivity index (χ1n) is 6.64. The molecule has 1 aromatic rings. The van der Waals surface area contributed by atoms with Gasteiger partial charge in [0.1, 0.15) is 12.4 Å². The summed E-state index contributed by atoms with van der Waals surface area (Å²) in [6.07, 6.45) is -1.36. The third-order valence-electron chi connectivity index (χ3n) is 3.05. The standard InChI is InChI=1S/C14H17F4NO2/c15-13(16)14(17,18)8-20-7-12(19)9-1-3-10(4-2-9)21-11-5-6-11/h1-4,11-13H,5-8,19H2. The molecule has 0 aliphatic heterocycles. The van der Waals surface area contributed by atoms with Crippen LogP contribution in [-0.2, 0) is 4.74 Å². The fourth-order valence-corrected chi connectivity index (χ4v) is 1.65. The summed E-state index contributed by atoms with van der Waals surface area (Å²) in [6.45, 7) is -1.60. The number of nitrogens with two attached hydrogens (primary N) is 1. The quantitative estimate of drug-likeness (QED) is 0.750. The number of benzene rings is 1. The number of rotatable bonds is 8. The Labute approximate surface area is 120 Å². The molecule has 0 amide bonds. The van der Waals surface area contributed by atoms with E-state index < -0.39 is 25.0 Å². The van der Waals surface area contributed by atoms with Crippen LogP contribution in [0.15, 0.2) is 24.3 Å². The molecule has 118 valence electrons. The van der Waals surface area contributed by atoms with E-state index in [1.165, 1.54) is 0 Å². The Morgan fingerprint density at radius 3 is 2.33 bits per heavy atom. The molecule has 7 heteroatoms. The van der Waals surface area contributed by atoms with Gasteiger partial charge in [-0.1, -0.05) is 12.1 Å². The summed E-state index contributed by atoms with van der Waals surface area (Å²) in [5, 5.41) is 0. The summed E-state index contributed by atoms with van der Waals surface area (Å²) in [5.74, 6) is -3.43. The Hall–Kier alpha value is -1.34. The number of hydrogen-bond donors (Lipinski definition) is 1. The molecule has 1 atom stereocenters. The first-order valence-corrected chi connectivity index (χ1v) is 6.64. The van der Waals surface area contributed by atoms with Crippen LogP contribution in [0.3, 0.4) is 0 Å². The van der Waals surface area contributed by atoms with E-state index in [9.17, 15) is 17.6 Å². The maximum absolute atomic E-state index is 12.6. The van der Waals surface area contributed by atoms with Crippen LogP contribution in [0.1, 0.15) is 24.4 Å². The third-order valence-corrected chi connectivity index (χ3v) is 3.05. The summed E-state index contributed by atoms with van der Waals surface area (Å²) >= 11 is 0. The fourth-order valence-electron chi connectivity index (χ4n) is 1.65. The molecule has 1 saturated carbocycles. The van der Waals surface area contributed by atoms with Gasteiger partial charge in [0.05, 0.1) is 18.8 Å². The zero-order valence-corrected chi connectivity index (χ0v) is 11.3. The van der Waals surface area contributed by atoms with Crippen LogP contribution >= 0.6 is 0 Å². The molecule has 0 spiro atoms. The van der Waals surface area contributed by atoms with Gasteiger partial charge in [-0.05, 0) is 30.5 Å². The van der Waals surface area contributed by atoms with Crippen molar-refractivity contribution < 1.29 is 27.0 Å². The van der Waals surface area contributed by atoms with Crippen molar-refractivity contribution in [2.24, 2.45) is 5.73 Å². The average Bonchev–Trinajstić information content (AvgIpc) is 3.23. The molecule has 2 N–H and O–H groups in total. The predicted octanol–water partition coefficient (Wildman–Crippen LogP) is 3.14. The Kier molecular flexibility index (Phi) is 5.05. The highest BCUT2D eigenvalue weighted by Crippen LogP contribution is 2.27. The Bertz CT molecular complexity index is 449. The number of halogens is 4. The molecule has 3 nitrogen and oxygen atoms in total. The van der Waals surface area contributed by atoms with Gasteiger partial charge in [-0.25, -0.2) is 8.78 Å². The minimum Gasteiger partial charge on any atom is -0.490 e. The lowest BCUT2D eigenvalue weighted by Crippen LogP contribution is -2.33. The second kappa shape index (κ2) is 6.62. The minimum atomic E-state index is -4.15. The van der Waals surface area contributed by atoms with Crippen LogP contribution in [-0.4, -0.2) is 31.7 Å². The lowest BCUT2D eigenvalue weighted by Gasteiger charge is -2.18. The molecule has 0 aromatic heterocycles. The average molecular weight is 307 g/mol. The zero-order chi connectivity index (χ0) is 15.5. The van der Waals surface area contributed by atoms with Gasteiger partial charge in [0.25, 0.3) is 0 Å². The fraction of sp³-hybridized carbons (Fsp3) is 0.571. The highest BCUT2D eigenvalue weighted by Gasteiger charge is 2.41. The Morgan fingerprint density at radius 2 is 1.81 bits per heavy atom. The molecule has 1 aliphatic rings. The lowest BCUT2D eigenvalue weighted by atomic mass is 10.1. The summed E-state index contributed by atoms with van der Waals surface area (Å²) in [5.41, 5.74) is 6.43. The van der Waals surface area contributed by atoms with Gasteiger partial charge < -0.3 is 15.2 Å². The van der Waals surface area contributed by atoms with Crippen LogP contribution < -0.4 is 10.5 Å². The van der Waals surface area contributed by atoms with Crippen molar-refractivity contribution >= 4 is 0 Å². The first kappa shape index (κ1) is 16.0. The third kappa shape index (κ3) is 4.86. The monoisotopic (exact) mass is 307 g/mol. The molecule has 1 aromatic carbocycles. The molecule has 0 radical (unpaired) electrons. The van der Waals surface area contributed by atoms with Gasteiger partial charge in [-0.3, -0.25) is 0 Å². The maximum Gasteiger partial charge on any atom is 0.330 e. The molecule has 1 fully saturated rings. The van der Waals surface area contributed by atoms with Crippen LogP contribution in [0, 0.1) is 0 Å². The normalized spacial score (nSPS) is 17.0. The van der Waals surface area contributed by atoms with E-state index >= 15 is 0 Å². The van der Waals surface area contributed by atoms with Gasteiger partial charge in [-0.15, -0.1) is 0 Å². The Balaban J connectivity index is 1.78. The van der Waals surface area contributed by atoms with Crippen LogP contribution in [0.5, 0.6) is 5.75 Å². The van der Waals surface area contributed by atoms with Crippen LogP contribution in [0.2, 0.25) is 0 Å². The highest BCUT2D eigenvalue weighted by molar-refractivity contribution is 5.29. The first-order chi connectivity index (χ1) is 9.88. The van der Waals surface area contributed by atoms with Crippen molar-refractivity contribution in [2.75, 3.05) is 13.2 Å². The molecule has 0 saturated heterocycles. The molecule has 21 heavy (non-hydrogen) atoms. The second-order valence-corrected chi connectivity index (χ2v) is 5.07. The molecular formula is C14H17F4NO2. The van der Waals surface area contributed by atoms with Gasteiger partial charge >= 0.3 is 12.3 Å². The molecule has 2 rings (SSSR count). The van der Waals surface area contributed by atoms with E-state index in [0.717, 1.165) is 18.6 Å². The summed E-state index contributed by atoms with van der Waals surface area (Å²) in [7, 11) is 0. The number of ether oxygens (including phenoxy) is 2. The largest absolute Gasteiger partial charge is 0.490 e. The van der Waals surface area contributed by atoms with E-state index in [4.69, 9.17) is 10.5 Å². The van der Waals surface area contributed by atoms with Crippen LogP contribution in [0.4, 0.5) is 17.6 Å². The van der Waals surface area contributed by atoms with E-state index in [0.29, 0.717) is 5.56 Å². The molecule has 0 heterocycles. The summed E-state index contributed by atoms with van der Waals surface area (Å²) in [4.78, 5) is 0. The zero-order valence-electron chi connectivity index (χ0n) is 11.3. The van der Waals surface area contributed by atoms with Crippen molar-refractivity contribution in [2.45, 2.75) is 37.3 Å². The molecular weight excluding hydrogens is 290 g/mol. The summed E-state index contributed by atoms with van der Waals surface area (Å²) < 4.78 is 59.3. The van der Waals surface area contributed by atoms with Gasteiger partial charge in [0.2, 0.25) is 0 Å². The Morgan fingerprint density at radius 1 is 1.19 bits per heavy atom. The van der Waals surface area contributed by atoms with Crippen molar-refractivity contribution in [3.63, 3.8) is 0 Å². The molecule has 1 unspecified atom stereocenters. The van der Waals surface area contributed by atoms with Crippen molar-refractivity contribution in [3.8, 4) is 5.75 Å². The molecule has 0 bridgehead atoms. The number of hydrogen-bond acceptors (Lipinski definition) is 3. The van der Waals surface area contributed by atoms with Crippen molar-refractivity contribution in [3.05, 3.63) is 29.8 Å². The topological polar surface area (TPSA) is 44.5 Å². The van der Waals surface area contributed by atoms with Gasteiger partial charge in [0.15, 0.2) is 0 Å². The highest BCUT2D eigenvalue weighted by atomic mass is 19.3. The second-order valence-electron chi connectivity index (χ2n) is 5.07. The SMILES string of the molecule is NC(COCC(F)(F)C(F)F)c1ccc(OC2CC2)cc1. The minimum absolute atomic E-state index is 0.259. The van der Waals surface area contributed by atoms with Gasteiger partial charge in [-0.2, -0.15) is 8.78 Å². The van der Waals surface area contributed by atoms with E-state index in [1.807, 2.05) is 0 Å². The van der Waals surface area contributed by atoms with E-state index in [1.54, 1.807) is 24.3 Å². The van der Waals surface area contributed by atoms with E-state index in [2.05, 4.69) is 4.74 Å². The predicted molar refractivity (Wildman–Crippen MR) is 68.8 cm³/mol. The maximum atomic E-state index is 12.6. The number of alkyl halides is 4.